The van der Waals surface area contributed by atoms with Gasteiger partial charge in [-0.25, -0.2) is 0 Å². The van der Waals surface area contributed by atoms with E-state index in [1.807, 2.05) is 18.2 Å². The number of hydrogen-bond donors (Lipinski definition) is 2. The van der Waals surface area contributed by atoms with Gasteiger partial charge in [0.1, 0.15) is 12.1 Å². The molecule has 120 valence electrons. The van der Waals surface area contributed by atoms with Crippen LogP contribution >= 0.6 is 0 Å². The molecule has 1 atom stereocenters. The highest BCUT2D eigenvalue weighted by atomic mass is 16.3. The smallest absolute Gasteiger partial charge is 0.139 e. The molecule has 0 heterocycles. The lowest BCUT2D eigenvalue weighted by Crippen LogP contribution is -3.11. The van der Waals surface area contributed by atoms with E-state index in [9.17, 15) is 5.11 Å². The third-order valence-corrected chi connectivity index (χ3v) is 5.13. The van der Waals surface area contributed by atoms with Crippen molar-refractivity contribution in [1.82, 2.24) is 0 Å². The Morgan fingerprint density at radius 2 is 1.73 bits per heavy atom. The molecule has 0 bridgehead atoms. The molecule has 0 aliphatic heterocycles. The molecule has 22 heavy (non-hydrogen) atoms. The molecule has 0 amide bonds. The van der Waals surface area contributed by atoms with Crippen molar-refractivity contribution in [1.29, 1.82) is 0 Å². The zero-order valence-corrected chi connectivity index (χ0v) is 14.1. The number of hydrogen-bond acceptors (Lipinski definition) is 1. The maximum atomic E-state index is 11.4. The van der Waals surface area contributed by atoms with Crippen LogP contribution in [0.2, 0.25) is 0 Å². The Bertz CT molecular complexity index is 491. The SMILES string of the molecule is CC[NH+](CC)CC#CC[C@@](O)(c1ccccc1)C1CCCC1. The Labute approximate surface area is 135 Å². The van der Waals surface area contributed by atoms with Crippen LogP contribution in [-0.2, 0) is 5.60 Å². The van der Waals surface area contributed by atoms with E-state index in [0.717, 1.165) is 38.0 Å². The Kier molecular flexibility index (Phi) is 6.49. The molecule has 2 nitrogen and oxygen atoms in total. The van der Waals surface area contributed by atoms with Crippen molar-refractivity contribution < 1.29 is 10.0 Å². The van der Waals surface area contributed by atoms with Gasteiger partial charge in [-0.05, 0) is 44.1 Å². The summed E-state index contributed by atoms with van der Waals surface area (Å²) in [7, 11) is 0. The molecular formula is C20H30NO+. The van der Waals surface area contributed by atoms with E-state index in [4.69, 9.17) is 0 Å². The number of aliphatic hydroxyl groups is 1. The highest BCUT2D eigenvalue weighted by Gasteiger charge is 2.39. The van der Waals surface area contributed by atoms with Gasteiger partial charge in [0.25, 0.3) is 0 Å². The van der Waals surface area contributed by atoms with Gasteiger partial charge in [0.2, 0.25) is 0 Å². The molecule has 0 unspecified atom stereocenters. The van der Waals surface area contributed by atoms with Crippen molar-refractivity contribution in [2.24, 2.45) is 5.92 Å². The normalized spacial score (nSPS) is 18.0. The standard InChI is InChI=1S/C20H29NO/c1-3-21(4-2)17-11-10-16-20(22,19-14-8-9-15-19)18-12-6-5-7-13-18/h5-7,12-13,19,22H,3-4,8-9,14-17H2,1-2H3/p+1/t20-/m1/s1. The minimum atomic E-state index is -0.774. The number of benzene rings is 1. The summed E-state index contributed by atoms with van der Waals surface area (Å²) >= 11 is 0. The van der Waals surface area contributed by atoms with Crippen molar-refractivity contribution >= 4 is 0 Å². The molecule has 2 heteroatoms. The molecule has 1 fully saturated rings. The largest absolute Gasteiger partial charge is 0.384 e. The summed E-state index contributed by atoms with van der Waals surface area (Å²) in [6.07, 6.45) is 5.26. The minimum absolute atomic E-state index is 0.352. The number of quaternary nitrogens is 1. The van der Waals surface area contributed by atoms with Crippen LogP contribution in [0, 0.1) is 17.8 Å². The van der Waals surface area contributed by atoms with E-state index in [2.05, 4.69) is 37.8 Å². The fraction of sp³-hybridized carbons (Fsp3) is 0.600. The first-order valence-corrected chi connectivity index (χ1v) is 8.77. The zero-order valence-electron chi connectivity index (χ0n) is 14.1. The first kappa shape index (κ1) is 17.1. The summed E-state index contributed by atoms with van der Waals surface area (Å²) < 4.78 is 0. The summed E-state index contributed by atoms with van der Waals surface area (Å²) in [5.41, 5.74) is 0.259. The van der Waals surface area contributed by atoms with E-state index in [-0.39, 0.29) is 0 Å². The van der Waals surface area contributed by atoms with Crippen LogP contribution in [0.1, 0.15) is 51.5 Å². The molecule has 1 aliphatic rings. The van der Waals surface area contributed by atoms with Gasteiger partial charge in [-0.15, -0.1) is 0 Å². The van der Waals surface area contributed by atoms with Crippen LogP contribution in [0.3, 0.4) is 0 Å². The van der Waals surface area contributed by atoms with Crippen LogP contribution in [0.5, 0.6) is 0 Å². The summed E-state index contributed by atoms with van der Waals surface area (Å²) in [5, 5.41) is 11.4. The summed E-state index contributed by atoms with van der Waals surface area (Å²) in [4.78, 5) is 1.50. The predicted octanol–water partition coefficient (Wildman–Crippen LogP) is 2.38. The van der Waals surface area contributed by atoms with Crippen LogP contribution in [-0.4, -0.2) is 24.7 Å². The fourth-order valence-electron chi connectivity index (χ4n) is 3.50. The molecule has 0 spiro atoms. The van der Waals surface area contributed by atoms with E-state index in [1.54, 1.807) is 0 Å². The molecule has 0 saturated heterocycles. The van der Waals surface area contributed by atoms with Crippen LogP contribution in [0.25, 0.3) is 0 Å². The van der Waals surface area contributed by atoms with Gasteiger partial charge in [-0.2, -0.15) is 0 Å². The Morgan fingerprint density at radius 3 is 2.32 bits per heavy atom. The van der Waals surface area contributed by atoms with Gasteiger partial charge in [0.15, 0.2) is 0 Å². The van der Waals surface area contributed by atoms with Crippen LogP contribution in [0.15, 0.2) is 30.3 Å². The lowest BCUT2D eigenvalue weighted by Gasteiger charge is -2.33. The molecule has 2 rings (SSSR count). The highest BCUT2D eigenvalue weighted by molar-refractivity contribution is 5.26. The van der Waals surface area contributed by atoms with Gasteiger partial charge >= 0.3 is 0 Å². The van der Waals surface area contributed by atoms with Crippen molar-refractivity contribution in [3.8, 4) is 11.8 Å². The Morgan fingerprint density at radius 1 is 1.09 bits per heavy atom. The van der Waals surface area contributed by atoms with Gasteiger partial charge in [0, 0.05) is 6.42 Å². The minimum Gasteiger partial charge on any atom is -0.384 e. The van der Waals surface area contributed by atoms with Crippen molar-refractivity contribution in [2.75, 3.05) is 19.6 Å². The van der Waals surface area contributed by atoms with Crippen molar-refractivity contribution in [3.05, 3.63) is 35.9 Å². The van der Waals surface area contributed by atoms with Gasteiger partial charge < -0.3 is 10.0 Å². The predicted molar refractivity (Wildman–Crippen MR) is 91.6 cm³/mol. The second-order valence-electron chi connectivity index (χ2n) is 6.44. The maximum absolute atomic E-state index is 11.4. The summed E-state index contributed by atoms with van der Waals surface area (Å²) in [5.74, 6) is 6.92. The van der Waals surface area contributed by atoms with Crippen LogP contribution < -0.4 is 4.90 Å². The van der Waals surface area contributed by atoms with Gasteiger partial charge in [0.05, 0.1) is 13.1 Å². The molecule has 0 radical (unpaired) electrons. The highest BCUT2D eigenvalue weighted by Crippen LogP contribution is 2.42. The summed E-state index contributed by atoms with van der Waals surface area (Å²) in [6, 6.07) is 10.1. The van der Waals surface area contributed by atoms with Crippen molar-refractivity contribution in [3.63, 3.8) is 0 Å². The number of nitrogens with one attached hydrogen (secondary N) is 1. The quantitative estimate of drug-likeness (QED) is 0.775. The lowest BCUT2D eigenvalue weighted by molar-refractivity contribution is -0.889. The number of rotatable bonds is 6. The zero-order chi connectivity index (χ0) is 15.8. The van der Waals surface area contributed by atoms with Gasteiger partial charge in [-0.3, -0.25) is 0 Å². The van der Waals surface area contributed by atoms with E-state index >= 15 is 0 Å². The fourth-order valence-corrected chi connectivity index (χ4v) is 3.50. The maximum Gasteiger partial charge on any atom is 0.139 e. The van der Waals surface area contributed by atoms with E-state index < -0.39 is 5.60 Å². The lowest BCUT2D eigenvalue weighted by atomic mass is 9.78. The van der Waals surface area contributed by atoms with Gasteiger partial charge in [-0.1, -0.05) is 49.1 Å². The molecular weight excluding hydrogens is 270 g/mol. The van der Waals surface area contributed by atoms with Crippen LogP contribution in [0.4, 0.5) is 0 Å². The average Bonchev–Trinajstić information content (AvgIpc) is 3.11. The molecule has 0 aromatic heterocycles. The molecule has 1 aromatic rings. The van der Waals surface area contributed by atoms with E-state index in [1.165, 1.54) is 17.7 Å². The first-order chi connectivity index (χ1) is 10.7. The first-order valence-electron chi connectivity index (χ1n) is 8.77. The molecule has 1 aromatic carbocycles. The van der Waals surface area contributed by atoms with E-state index in [0.29, 0.717) is 12.3 Å². The molecule has 1 saturated carbocycles. The second-order valence-corrected chi connectivity index (χ2v) is 6.44. The second kappa shape index (κ2) is 8.36. The molecule has 1 aliphatic carbocycles. The third kappa shape index (κ3) is 4.12. The Balaban J connectivity index is 2.11. The third-order valence-electron chi connectivity index (χ3n) is 5.13. The van der Waals surface area contributed by atoms with Crippen molar-refractivity contribution in [2.45, 2.75) is 51.6 Å². The Hall–Kier alpha value is -1.30. The topological polar surface area (TPSA) is 24.7 Å². The molecule has 2 N–H and O–H groups in total. The average molecular weight is 300 g/mol. The summed E-state index contributed by atoms with van der Waals surface area (Å²) in [6.45, 7) is 7.48. The monoisotopic (exact) mass is 300 g/mol.